The number of benzene rings is 2. The van der Waals surface area contributed by atoms with E-state index in [0.717, 1.165) is 0 Å². The Balaban J connectivity index is 1.48. The summed E-state index contributed by atoms with van der Waals surface area (Å²) in [6, 6.07) is 3.27. The molecule has 190 valence electrons. The van der Waals surface area contributed by atoms with Gasteiger partial charge in [0.2, 0.25) is 11.5 Å². The Hall–Kier alpha value is -4.34. The molecule has 0 aliphatic heterocycles. The first-order chi connectivity index (χ1) is 17.3. The Bertz CT molecular complexity index is 1330. The van der Waals surface area contributed by atoms with Gasteiger partial charge in [0.05, 0.1) is 50.7 Å². The van der Waals surface area contributed by atoms with E-state index >= 15 is 0 Å². The smallest absolute Gasteiger partial charge is 0.205 e. The van der Waals surface area contributed by atoms with E-state index < -0.39 is 0 Å². The van der Waals surface area contributed by atoms with E-state index in [1.807, 2.05) is 0 Å². The number of methoxy groups -OCH3 is 2. The summed E-state index contributed by atoms with van der Waals surface area (Å²) < 4.78 is 33.0. The zero-order valence-corrected chi connectivity index (χ0v) is 20.3. The van der Waals surface area contributed by atoms with Crippen molar-refractivity contribution in [1.82, 2.24) is 0 Å². The minimum atomic E-state index is -0.382. The molecule has 2 aromatic heterocycles. The van der Waals surface area contributed by atoms with Gasteiger partial charge in [-0.3, -0.25) is 9.59 Å². The number of aromatic hydroxyl groups is 2. The zero-order valence-electron chi connectivity index (χ0n) is 20.3. The number of phenolic OH excluding ortho intramolecular Hbond substituents is 2. The first-order valence-corrected chi connectivity index (χ1v) is 11.2. The molecule has 2 N–H and O–H groups in total. The Morgan fingerprint density at radius 2 is 1.11 bits per heavy atom. The fourth-order valence-corrected chi connectivity index (χ4v) is 4.14. The lowest BCUT2D eigenvalue weighted by molar-refractivity contribution is 0.0996. The molecule has 0 spiro atoms. The van der Waals surface area contributed by atoms with Crippen molar-refractivity contribution in [2.24, 2.45) is 0 Å². The van der Waals surface area contributed by atoms with Crippen LogP contribution in [0, 0.1) is 0 Å². The molecule has 0 aliphatic carbocycles. The quantitative estimate of drug-likeness (QED) is 0.208. The monoisotopic (exact) mass is 498 g/mol. The molecule has 2 heterocycles. The SMILES string of the molecule is COc1c(O)c(C(C)=O)c(OCCCCOc2c(C(C)=O)c(O)c(OC)c3occc23)c2ccoc12. The topological polar surface area (TPSA) is 138 Å². The highest BCUT2D eigenvalue weighted by atomic mass is 16.5. The molecule has 0 saturated carbocycles. The van der Waals surface area contributed by atoms with Crippen molar-refractivity contribution in [2.75, 3.05) is 27.4 Å². The Morgan fingerprint density at radius 1 is 0.722 bits per heavy atom. The maximum Gasteiger partial charge on any atom is 0.205 e. The number of hydrogen-bond acceptors (Lipinski definition) is 10. The Morgan fingerprint density at radius 3 is 1.44 bits per heavy atom. The minimum Gasteiger partial charge on any atom is -0.504 e. The minimum absolute atomic E-state index is 0.0131. The lowest BCUT2D eigenvalue weighted by atomic mass is 10.0. The van der Waals surface area contributed by atoms with E-state index in [4.69, 9.17) is 27.8 Å². The van der Waals surface area contributed by atoms with Gasteiger partial charge in [-0.1, -0.05) is 0 Å². The number of hydrogen-bond donors (Lipinski definition) is 2. The van der Waals surface area contributed by atoms with Crippen molar-refractivity contribution in [3.8, 4) is 34.5 Å². The second-order valence-corrected chi connectivity index (χ2v) is 8.02. The molecular weight excluding hydrogens is 472 g/mol. The summed E-state index contributed by atoms with van der Waals surface area (Å²) in [4.78, 5) is 24.5. The lowest BCUT2D eigenvalue weighted by Crippen LogP contribution is -2.08. The summed E-state index contributed by atoms with van der Waals surface area (Å²) in [6.45, 7) is 3.08. The largest absolute Gasteiger partial charge is 0.504 e. The van der Waals surface area contributed by atoms with Gasteiger partial charge in [0.1, 0.15) is 22.6 Å². The van der Waals surface area contributed by atoms with Crippen molar-refractivity contribution in [2.45, 2.75) is 26.7 Å². The second kappa shape index (κ2) is 10.1. The van der Waals surface area contributed by atoms with Crippen molar-refractivity contribution >= 4 is 33.5 Å². The molecule has 0 fully saturated rings. The molecule has 0 unspecified atom stereocenters. The van der Waals surface area contributed by atoms with E-state index in [-0.39, 0.29) is 81.6 Å². The average molecular weight is 498 g/mol. The predicted molar refractivity (Wildman–Crippen MR) is 129 cm³/mol. The van der Waals surface area contributed by atoms with Crippen LogP contribution in [-0.4, -0.2) is 49.2 Å². The second-order valence-electron chi connectivity index (χ2n) is 8.02. The van der Waals surface area contributed by atoms with E-state index in [1.165, 1.54) is 40.6 Å². The molecule has 36 heavy (non-hydrogen) atoms. The third-order valence-electron chi connectivity index (χ3n) is 5.73. The van der Waals surface area contributed by atoms with Gasteiger partial charge in [-0.15, -0.1) is 0 Å². The number of furan rings is 2. The van der Waals surface area contributed by atoms with E-state index in [9.17, 15) is 19.8 Å². The van der Waals surface area contributed by atoms with Gasteiger partial charge in [0.15, 0.2) is 34.2 Å². The van der Waals surface area contributed by atoms with Crippen LogP contribution < -0.4 is 18.9 Å². The van der Waals surface area contributed by atoms with Crippen molar-refractivity contribution in [1.29, 1.82) is 0 Å². The van der Waals surface area contributed by atoms with Gasteiger partial charge >= 0.3 is 0 Å². The van der Waals surface area contributed by atoms with Crippen LogP contribution in [0.4, 0.5) is 0 Å². The van der Waals surface area contributed by atoms with Crippen molar-refractivity contribution in [3.05, 3.63) is 35.8 Å². The van der Waals surface area contributed by atoms with Crippen LogP contribution in [0.5, 0.6) is 34.5 Å². The number of rotatable bonds is 11. The lowest BCUT2D eigenvalue weighted by Gasteiger charge is -2.16. The van der Waals surface area contributed by atoms with Crippen LogP contribution in [0.3, 0.4) is 0 Å². The maximum atomic E-state index is 12.2. The average Bonchev–Trinajstić information content (AvgIpc) is 3.50. The van der Waals surface area contributed by atoms with E-state index in [0.29, 0.717) is 23.6 Å². The number of Topliss-reactive ketones (excluding diaryl/α,β-unsaturated/α-hetero) is 2. The first kappa shape index (κ1) is 24.8. The molecule has 10 heteroatoms. The van der Waals surface area contributed by atoms with E-state index in [2.05, 4.69) is 0 Å². The van der Waals surface area contributed by atoms with Crippen molar-refractivity contribution < 1.29 is 47.6 Å². The summed E-state index contributed by atoms with van der Waals surface area (Å²) >= 11 is 0. The fourth-order valence-electron chi connectivity index (χ4n) is 4.14. The fraction of sp³-hybridized carbons (Fsp3) is 0.308. The molecule has 0 aliphatic rings. The predicted octanol–water partition coefficient (Wildman–Crippen LogP) is 5.25. The number of phenols is 2. The molecule has 4 rings (SSSR count). The molecule has 0 atom stereocenters. The van der Waals surface area contributed by atoms with Crippen LogP contribution >= 0.6 is 0 Å². The standard InChI is InChI=1S/C26H26O10/c1-13(27)17-19(29)25(31-3)23-15(7-11-35-23)21(17)33-9-5-6-10-34-22-16-8-12-36-24(16)26(32-4)20(30)18(22)14(2)28/h7-8,11-12,29-30H,5-6,9-10H2,1-4H3. The van der Waals surface area contributed by atoms with Gasteiger partial charge in [0, 0.05) is 0 Å². The van der Waals surface area contributed by atoms with Gasteiger partial charge in [-0.05, 0) is 38.8 Å². The molecule has 0 bridgehead atoms. The van der Waals surface area contributed by atoms with Crippen LogP contribution in [0.1, 0.15) is 47.4 Å². The molecule has 4 aromatic rings. The highest BCUT2D eigenvalue weighted by Gasteiger charge is 2.27. The summed E-state index contributed by atoms with van der Waals surface area (Å²) in [5.74, 6) is -0.892. The molecule has 0 radical (unpaired) electrons. The van der Waals surface area contributed by atoms with Gasteiger partial charge in [0.25, 0.3) is 0 Å². The molecule has 0 saturated heterocycles. The number of carbonyl (C=O) groups is 2. The number of unbranched alkanes of at least 4 members (excludes halogenated alkanes) is 1. The molecule has 10 nitrogen and oxygen atoms in total. The number of ketones is 2. The number of carbonyl (C=O) groups excluding carboxylic acids is 2. The Labute approximate surface area is 205 Å². The number of fused-ring (bicyclic) bond motifs is 2. The molecule has 0 amide bonds. The molecular formula is C26H26O10. The summed E-state index contributed by atoms with van der Waals surface area (Å²) in [6.07, 6.45) is 3.89. The summed E-state index contributed by atoms with van der Waals surface area (Å²) in [5, 5.41) is 22.1. The third-order valence-corrected chi connectivity index (χ3v) is 5.73. The normalized spacial score (nSPS) is 11.1. The summed E-state index contributed by atoms with van der Waals surface area (Å²) in [7, 11) is 2.75. The van der Waals surface area contributed by atoms with Crippen molar-refractivity contribution in [3.63, 3.8) is 0 Å². The van der Waals surface area contributed by atoms with Crippen LogP contribution in [-0.2, 0) is 0 Å². The molecule has 2 aromatic carbocycles. The van der Waals surface area contributed by atoms with Crippen LogP contribution in [0.15, 0.2) is 33.5 Å². The Kier molecular flexibility index (Phi) is 6.96. The van der Waals surface area contributed by atoms with Crippen LogP contribution in [0.2, 0.25) is 0 Å². The highest BCUT2D eigenvalue weighted by Crippen LogP contribution is 2.47. The van der Waals surface area contributed by atoms with Gasteiger partial charge in [-0.2, -0.15) is 0 Å². The summed E-state index contributed by atoms with van der Waals surface area (Å²) in [5.41, 5.74) is 0.579. The first-order valence-electron chi connectivity index (χ1n) is 11.2. The van der Waals surface area contributed by atoms with Gasteiger partial charge in [-0.25, -0.2) is 0 Å². The van der Waals surface area contributed by atoms with Crippen LogP contribution in [0.25, 0.3) is 21.9 Å². The van der Waals surface area contributed by atoms with E-state index in [1.54, 1.807) is 12.1 Å². The van der Waals surface area contributed by atoms with Gasteiger partial charge < -0.3 is 38.0 Å². The third kappa shape index (κ3) is 4.15. The highest BCUT2D eigenvalue weighted by molar-refractivity contribution is 6.09. The number of ether oxygens (including phenoxy) is 4. The maximum absolute atomic E-state index is 12.2. The zero-order chi connectivity index (χ0) is 26.0.